The fourth-order valence-electron chi connectivity index (χ4n) is 2.11. The molecule has 1 saturated heterocycles. The Morgan fingerprint density at radius 3 is 2.94 bits per heavy atom. The number of rotatable bonds is 2. The van der Waals surface area contributed by atoms with Crippen molar-refractivity contribution >= 4 is 11.6 Å². The van der Waals surface area contributed by atoms with Crippen LogP contribution in [0.5, 0.6) is 0 Å². The zero-order valence-corrected chi connectivity index (χ0v) is 10.6. The molecular weight excluding hydrogens is 230 g/mol. The van der Waals surface area contributed by atoms with Gasteiger partial charge in [-0.3, -0.25) is 10.6 Å². The lowest BCUT2D eigenvalue weighted by atomic mass is 10.1. The molecule has 0 spiro atoms. The Morgan fingerprint density at radius 1 is 1.39 bits per heavy atom. The molecule has 3 N–H and O–H groups in total. The summed E-state index contributed by atoms with van der Waals surface area (Å²) in [5, 5.41) is 0. The molecular formula is C13H19N3O2. The van der Waals surface area contributed by atoms with Gasteiger partial charge in [-0.15, -0.1) is 0 Å². The Balaban J connectivity index is 2.16. The quantitative estimate of drug-likeness (QED) is 0.609. The first-order chi connectivity index (χ1) is 8.72. The van der Waals surface area contributed by atoms with Gasteiger partial charge < -0.3 is 15.1 Å². The van der Waals surface area contributed by atoms with E-state index in [1.807, 2.05) is 30.0 Å². The van der Waals surface area contributed by atoms with Crippen LogP contribution in [0, 0.1) is 6.92 Å². The fraction of sp³-hybridized carbons (Fsp3) is 0.462. The lowest BCUT2D eigenvalue weighted by Crippen LogP contribution is -2.33. The van der Waals surface area contributed by atoms with Gasteiger partial charge in [0, 0.05) is 30.9 Å². The van der Waals surface area contributed by atoms with Gasteiger partial charge in [-0.1, -0.05) is 0 Å². The molecule has 0 radical (unpaired) electrons. The Labute approximate surface area is 107 Å². The van der Waals surface area contributed by atoms with Crippen molar-refractivity contribution in [1.29, 1.82) is 0 Å². The number of nitrogens with zero attached hydrogens (tertiary/aromatic N) is 1. The molecule has 2 rings (SSSR count). The summed E-state index contributed by atoms with van der Waals surface area (Å²) in [6.45, 7) is 4.69. The lowest BCUT2D eigenvalue weighted by Gasteiger charge is -2.20. The first-order valence-electron chi connectivity index (χ1n) is 6.16. The van der Waals surface area contributed by atoms with Gasteiger partial charge in [-0.25, -0.2) is 0 Å². The number of hydrogen-bond donors (Lipinski definition) is 2. The number of hydrazine groups is 1. The Hall–Kier alpha value is -1.59. The van der Waals surface area contributed by atoms with E-state index in [4.69, 9.17) is 10.6 Å². The van der Waals surface area contributed by atoms with E-state index in [0.29, 0.717) is 13.2 Å². The van der Waals surface area contributed by atoms with Gasteiger partial charge in [0.05, 0.1) is 6.61 Å². The highest BCUT2D eigenvalue weighted by Crippen LogP contribution is 2.17. The molecule has 0 aliphatic carbocycles. The first kappa shape index (κ1) is 12.9. The second-order valence-electron chi connectivity index (χ2n) is 4.43. The molecule has 5 nitrogen and oxygen atoms in total. The second-order valence-corrected chi connectivity index (χ2v) is 4.43. The van der Waals surface area contributed by atoms with Crippen molar-refractivity contribution in [3.63, 3.8) is 0 Å². The molecule has 1 aromatic carbocycles. The van der Waals surface area contributed by atoms with E-state index >= 15 is 0 Å². The molecule has 1 amide bonds. The predicted molar refractivity (Wildman–Crippen MR) is 70.3 cm³/mol. The Kier molecular flexibility index (Phi) is 4.17. The summed E-state index contributed by atoms with van der Waals surface area (Å²) in [7, 11) is 0. The third-order valence-electron chi connectivity index (χ3n) is 3.13. The van der Waals surface area contributed by atoms with E-state index in [0.717, 1.165) is 36.4 Å². The topological polar surface area (TPSA) is 67.6 Å². The standard InChI is InChI=1S/C13H19N3O2/c1-10-9-11(15-14)3-4-12(10)13(17)16-5-2-7-18-8-6-16/h3-4,9,15H,2,5-8,14H2,1H3. The molecule has 0 saturated carbocycles. The highest BCUT2D eigenvalue weighted by Gasteiger charge is 2.18. The smallest absolute Gasteiger partial charge is 0.254 e. The van der Waals surface area contributed by atoms with Gasteiger partial charge in [-0.05, 0) is 37.1 Å². The summed E-state index contributed by atoms with van der Waals surface area (Å²) in [5.74, 6) is 5.42. The lowest BCUT2D eigenvalue weighted by molar-refractivity contribution is 0.0740. The number of hydrogen-bond acceptors (Lipinski definition) is 4. The van der Waals surface area contributed by atoms with Crippen molar-refractivity contribution in [2.75, 3.05) is 31.7 Å². The number of aryl methyl sites for hydroxylation is 1. The van der Waals surface area contributed by atoms with Crippen LogP contribution in [0.15, 0.2) is 18.2 Å². The summed E-state index contributed by atoms with van der Waals surface area (Å²) in [4.78, 5) is 14.2. The average molecular weight is 249 g/mol. The zero-order chi connectivity index (χ0) is 13.0. The van der Waals surface area contributed by atoms with Gasteiger partial charge in [0.25, 0.3) is 5.91 Å². The summed E-state index contributed by atoms with van der Waals surface area (Å²) >= 11 is 0. The summed E-state index contributed by atoms with van der Waals surface area (Å²) in [5.41, 5.74) is 5.05. The van der Waals surface area contributed by atoms with Crippen molar-refractivity contribution in [1.82, 2.24) is 4.90 Å². The monoisotopic (exact) mass is 249 g/mol. The van der Waals surface area contributed by atoms with Crippen LogP contribution < -0.4 is 11.3 Å². The van der Waals surface area contributed by atoms with E-state index in [1.54, 1.807) is 0 Å². The van der Waals surface area contributed by atoms with Crippen LogP contribution in [0.3, 0.4) is 0 Å². The molecule has 1 fully saturated rings. The normalized spacial score (nSPS) is 16.2. The zero-order valence-electron chi connectivity index (χ0n) is 10.6. The highest BCUT2D eigenvalue weighted by molar-refractivity contribution is 5.96. The van der Waals surface area contributed by atoms with Crippen LogP contribution in [-0.4, -0.2) is 37.1 Å². The predicted octanol–water partition coefficient (Wildman–Crippen LogP) is 1.14. The number of carbonyl (C=O) groups excluding carboxylic acids is 1. The van der Waals surface area contributed by atoms with Gasteiger partial charge >= 0.3 is 0 Å². The van der Waals surface area contributed by atoms with Crippen molar-refractivity contribution in [3.8, 4) is 0 Å². The molecule has 1 heterocycles. The summed E-state index contributed by atoms with van der Waals surface area (Å²) in [6, 6.07) is 5.51. The van der Waals surface area contributed by atoms with Gasteiger partial charge in [-0.2, -0.15) is 0 Å². The van der Waals surface area contributed by atoms with Crippen LogP contribution >= 0.6 is 0 Å². The number of benzene rings is 1. The first-order valence-corrected chi connectivity index (χ1v) is 6.16. The molecule has 0 atom stereocenters. The van der Waals surface area contributed by atoms with E-state index < -0.39 is 0 Å². The Bertz CT molecular complexity index is 426. The summed E-state index contributed by atoms with van der Waals surface area (Å²) < 4.78 is 5.36. The van der Waals surface area contributed by atoms with E-state index in [9.17, 15) is 4.79 Å². The molecule has 0 aromatic heterocycles. The van der Waals surface area contributed by atoms with Crippen LogP contribution in [0.25, 0.3) is 0 Å². The fourth-order valence-corrected chi connectivity index (χ4v) is 2.11. The van der Waals surface area contributed by atoms with Gasteiger partial charge in [0.1, 0.15) is 0 Å². The highest BCUT2D eigenvalue weighted by atomic mass is 16.5. The number of nitrogen functional groups attached to an aromatic ring is 1. The van der Waals surface area contributed by atoms with E-state index in [-0.39, 0.29) is 5.91 Å². The van der Waals surface area contributed by atoms with Crippen LogP contribution in [0.4, 0.5) is 5.69 Å². The van der Waals surface area contributed by atoms with Gasteiger partial charge in [0.2, 0.25) is 0 Å². The van der Waals surface area contributed by atoms with Crippen LogP contribution in [0.1, 0.15) is 22.3 Å². The molecule has 1 aromatic rings. The minimum atomic E-state index is 0.0709. The third-order valence-corrected chi connectivity index (χ3v) is 3.13. The number of nitrogens with one attached hydrogen (secondary N) is 1. The molecule has 0 bridgehead atoms. The number of anilines is 1. The van der Waals surface area contributed by atoms with Crippen molar-refractivity contribution in [3.05, 3.63) is 29.3 Å². The Morgan fingerprint density at radius 2 is 2.22 bits per heavy atom. The maximum absolute atomic E-state index is 12.4. The number of nitrogens with two attached hydrogens (primary N) is 1. The molecule has 98 valence electrons. The molecule has 0 unspecified atom stereocenters. The van der Waals surface area contributed by atoms with E-state index in [2.05, 4.69) is 5.43 Å². The van der Waals surface area contributed by atoms with E-state index in [1.165, 1.54) is 0 Å². The molecule has 18 heavy (non-hydrogen) atoms. The SMILES string of the molecule is Cc1cc(NN)ccc1C(=O)N1CCCOCC1. The molecule has 1 aliphatic rings. The van der Waals surface area contributed by atoms with Crippen molar-refractivity contribution in [2.24, 2.45) is 5.84 Å². The van der Waals surface area contributed by atoms with Gasteiger partial charge in [0.15, 0.2) is 0 Å². The third kappa shape index (κ3) is 2.80. The molecule has 1 aliphatic heterocycles. The second kappa shape index (κ2) is 5.84. The van der Waals surface area contributed by atoms with Crippen molar-refractivity contribution in [2.45, 2.75) is 13.3 Å². The largest absolute Gasteiger partial charge is 0.380 e. The van der Waals surface area contributed by atoms with Crippen molar-refractivity contribution < 1.29 is 9.53 Å². The average Bonchev–Trinajstić information content (AvgIpc) is 2.66. The maximum atomic E-state index is 12.4. The van der Waals surface area contributed by atoms with Crippen LogP contribution in [-0.2, 0) is 4.74 Å². The minimum absolute atomic E-state index is 0.0709. The molecule has 5 heteroatoms. The number of carbonyl (C=O) groups is 1. The number of amides is 1. The minimum Gasteiger partial charge on any atom is -0.380 e. The maximum Gasteiger partial charge on any atom is 0.254 e. The summed E-state index contributed by atoms with van der Waals surface area (Å²) in [6.07, 6.45) is 0.896. The van der Waals surface area contributed by atoms with Crippen LogP contribution in [0.2, 0.25) is 0 Å². The number of ether oxygens (including phenoxy) is 1.